The molecule has 18 heavy (non-hydrogen) atoms. The van der Waals surface area contributed by atoms with Gasteiger partial charge in [-0.2, -0.15) is 0 Å². The molecule has 0 N–H and O–H groups in total. The third kappa shape index (κ3) is 2.75. The molecule has 1 aromatic rings. The van der Waals surface area contributed by atoms with Crippen LogP contribution in [0.3, 0.4) is 0 Å². The molecule has 1 aliphatic heterocycles. The first-order valence-corrected chi connectivity index (χ1v) is 6.46. The highest BCUT2D eigenvalue weighted by atomic mass is 16.2. The van der Waals surface area contributed by atoms with E-state index in [0.717, 1.165) is 25.0 Å². The van der Waals surface area contributed by atoms with Crippen LogP contribution in [0.4, 0.5) is 0 Å². The van der Waals surface area contributed by atoms with Crippen molar-refractivity contribution >= 4 is 11.8 Å². The van der Waals surface area contributed by atoms with Crippen LogP contribution in [0.25, 0.3) is 0 Å². The van der Waals surface area contributed by atoms with E-state index in [1.54, 1.807) is 6.20 Å². The van der Waals surface area contributed by atoms with Gasteiger partial charge in [0.25, 0.3) is 0 Å². The SMILES string of the molecule is CCCCC1CC(=O)N(Cc2ccccn2)C1=O. The van der Waals surface area contributed by atoms with Crippen molar-refractivity contribution in [1.29, 1.82) is 0 Å². The molecule has 0 aromatic carbocycles. The average molecular weight is 246 g/mol. The predicted octanol–water partition coefficient (Wildman–Crippen LogP) is 2.15. The summed E-state index contributed by atoms with van der Waals surface area (Å²) in [6, 6.07) is 5.52. The van der Waals surface area contributed by atoms with Crippen molar-refractivity contribution in [2.45, 2.75) is 39.2 Å². The number of rotatable bonds is 5. The maximum absolute atomic E-state index is 12.1. The Kier molecular flexibility index (Phi) is 4.07. The summed E-state index contributed by atoms with van der Waals surface area (Å²) in [5.74, 6) is -0.202. The van der Waals surface area contributed by atoms with Crippen LogP contribution < -0.4 is 0 Å². The van der Waals surface area contributed by atoms with E-state index in [4.69, 9.17) is 0 Å². The standard InChI is InChI=1S/C14H18N2O2/c1-2-3-6-11-9-13(17)16(14(11)18)10-12-7-4-5-8-15-12/h4-5,7-8,11H,2-3,6,9-10H2,1H3. The van der Waals surface area contributed by atoms with E-state index in [9.17, 15) is 9.59 Å². The van der Waals surface area contributed by atoms with E-state index < -0.39 is 0 Å². The molecule has 4 nitrogen and oxygen atoms in total. The number of likely N-dealkylation sites (tertiary alicyclic amines) is 1. The Hall–Kier alpha value is -1.71. The van der Waals surface area contributed by atoms with Gasteiger partial charge in [-0.15, -0.1) is 0 Å². The van der Waals surface area contributed by atoms with Gasteiger partial charge in [0.1, 0.15) is 0 Å². The first-order valence-electron chi connectivity index (χ1n) is 6.46. The molecule has 0 spiro atoms. The summed E-state index contributed by atoms with van der Waals surface area (Å²) in [6.45, 7) is 2.40. The first-order chi connectivity index (χ1) is 8.72. The molecule has 2 rings (SSSR count). The highest BCUT2D eigenvalue weighted by Gasteiger charge is 2.37. The molecule has 0 aliphatic carbocycles. The lowest BCUT2D eigenvalue weighted by atomic mass is 10.0. The van der Waals surface area contributed by atoms with Crippen LogP contribution in [0.5, 0.6) is 0 Å². The molecule has 1 aliphatic rings. The van der Waals surface area contributed by atoms with Gasteiger partial charge in [0.15, 0.2) is 0 Å². The molecule has 2 amide bonds. The smallest absolute Gasteiger partial charge is 0.233 e. The van der Waals surface area contributed by atoms with Crippen LogP contribution in [0.2, 0.25) is 0 Å². The quantitative estimate of drug-likeness (QED) is 0.748. The van der Waals surface area contributed by atoms with Crippen LogP contribution in [-0.2, 0) is 16.1 Å². The van der Waals surface area contributed by atoms with Crippen LogP contribution in [0.15, 0.2) is 24.4 Å². The minimum Gasteiger partial charge on any atom is -0.276 e. The summed E-state index contributed by atoms with van der Waals surface area (Å²) in [5.41, 5.74) is 0.760. The second-order valence-corrected chi connectivity index (χ2v) is 4.68. The highest BCUT2D eigenvalue weighted by Crippen LogP contribution is 2.25. The summed E-state index contributed by atoms with van der Waals surface area (Å²) >= 11 is 0. The maximum Gasteiger partial charge on any atom is 0.233 e. The van der Waals surface area contributed by atoms with Crippen molar-refractivity contribution in [3.8, 4) is 0 Å². The predicted molar refractivity (Wildman–Crippen MR) is 67.4 cm³/mol. The number of aromatic nitrogens is 1. The van der Waals surface area contributed by atoms with E-state index in [2.05, 4.69) is 11.9 Å². The third-order valence-electron chi connectivity index (χ3n) is 3.29. The van der Waals surface area contributed by atoms with Crippen LogP contribution >= 0.6 is 0 Å². The molecular weight excluding hydrogens is 228 g/mol. The molecule has 1 saturated heterocycles. The lowest BCUT2D eigenvalue weighted by Gasteiger charge is -2.14. The fourth-order valence-corrected chi connectivity index (χ4v) is 2.25. The van der Waals surface area contributed by atoms with Gasteiger partial charge in [0.2, 0.25) is 11.8 Å². The molecule has 1 unspecified atom stereocenters. The monoisotopic (exact) mass is 246 g/mol. The van der Waals surface area contributed by atoms with Crippen LogP contribution in [-0.4, -0.2) is 21.7 Å². The van der Waals surface area contributed by atoms with Crippen LogP contribution in [0, 0.1) is 5.92 Å². The minimum absolute atomic E-state index is 0.0286. The van der Waals surface area contributed by atoms with E-state index in [1.807, 2.05) is 18.2 Å². The fraction of sp³-hybridized carbons (Fsp3) is 0.500. The number of carbonyl (C=O) groups excluding carboxylic acids is 2. The number of hydrogen-bond donors (Lipinski definition) is 0. The number of hydrogen-bond acceptors (Lipinski definition) is 3. The van der Waals surface area contributed by atoms with Crippen molar-refractivity contribution in [2.75, 3.05) is 0 Å². The van der Waals surface area contributed by atoms with Gasteiger partial charge in [-0.25, -0.2) is 0 Å². The van der Waals surface area contributed by atoms with E-state index >= 15 is 0 Å². The molecule has 96 valence electrons. The number of carbonyl (C=O) groups is 2. The Morgan fingerprint density at radius 2 is 2.22 bits per heavy atom. The molecule has 0 saturated carbocycles. The Morgan fingerprint density at radius 1 is 1.39 bits per heavy atom. The van der Waals surface area contributed by atoms with E-state index in [-0.39, 0.29) is 17.7 Å². The number of nitrogens with zero attached hydrogens (tertiary/aromatic N) is 2. The van der Waals surface area contributed by atoms with Gasteiger partial charge >= 0.3 is 0 Å². The summed E-state index contributed by atoms with van der Waals surface area (Å²) < 4.78 is 0. The zero-order valence-corrected chi connectivity index (χ0v) is 10.6. The summed E-state index contributed by atoms with van der Waals surface area (Å²) in [4.78, 5) is 29.4. The molecule has 0 bridgehead atoms. The summed E-state index contributed by atoms with van der Waals surface area (Å²) in [6.07, 6.45) is 4.92. The van der Waals surface area contributed by atoms with Gasteiger partial charge in [0, 0.05) is 18.5 Å². The molecular formula is C14H18N2O2. The third-order valence-corrected chi connectivity index (χ3v) is 3.29. The Bertz CT molecular complexity index is 431. The molecule has 1 aromatic heterocycles. The zero-order valence-electron chi connectivity index (χ0n) is 10.6. The summed E-state index contributed by atoms with van der Waals surface area (Å²) in [7, 11) is 0. The fourth-order valence-electron chi connectivity index (χ4n) is 2.25. The van der Waals surface area contributed by atoms with Crippen molar-refractivity contribution in [2.24, 2.45) is 5.92 Å². The van der Waals surface area contributed by atoms with Crippen molar-refractivity contribution in [3.05, 3.63) is 30.1 Å². The van der Waals surface area contributed by atoms with Gasteiger partial charge in [-0.1, -0.05) is 25.8 Å². The Balaban J connectivity index is 2.01. The normalized spacial score (nSPS) is 19.6. The van der Waals surface area contributed by atoms with Gasteiger partial charge in [0.05, 0.1) is 12.2 Å². The van der Waals surface area contributed by atoms with Crippen molar-refractivity contribution in [1.82, 2.24) is 9.88 Å². The number of amides is 2. The topological polar surface area (TPSA) is 50.3 Å². The lowest BCUT2D eigenvalue weighted by Crippen LogP contribution is -2.30. The van der Waals surface area contributed by atoms with E-state index in [0.29, 0.717) is 13.0 Å². The second-order valence-electron chi connectivity index (χ2n) is 4.68. The number of pyridine rings is 1. The summed E-state index contributed by atoms with van der Waals surface area (Å²) in [5, 5.41) is 0. The van der Waals surface area contributed by atoms with E-state index in [1.165, 1.54) is 4.90 Å². The van der Waals surface area contributed by atoms with Crippen LogP contribution in [0.1, 0.15) is 38.3 Å². The average Bonchev–Trinajstić information content (AvgIpc) is 2.65. The number of unbranched alkanes of at least 4 members (excludes halogenated alkanes) is 1. The molecule has 2 heterocycles. The maximum atomic E-state index is 12.1. The largest absolute Gasteiger partial charge is 0.276 e. The Morgan fingerprint density at radius 3 is 2.89 bits per heavy atom. The molecule has 4 heteroatoms. The highest BCUT2D eigenvalue weighted by molar-refractivity contribution is 6.03. The van der Waals surface area contributed by atoms with Gasteiger partial charge in [-0.3, -0.25) is 19.5 Å². The lowest BCUT2D eigenvalue weighted by molar-refractivity contribution is -0.140. The van der Waals surface area contributed by atoms with Gasteiger partial charge in [-0.05, 0) is 18.6 Å². The Labute approximate surface area is 107 Å². The first kappa shape index (κ1) is 12.7. The molecule has 1 fully saturated rings. The minimum atomic E-state index is -0.110. The second kappa shape index (κ2) is 5.76. The zero-order chi connectivity index (χ0) is 13.0. The van der Waals surface area contributed by atoms with Crippen molar-refractivity contribution < 1.29 is 9.59 Å². The van der Waals surface area contributed by atoms with Crippen molar-refractivity contribution in [3.63, 3.8) is 0 Å². The molecule has 1 atom stereocenters. The van der Waals surface area contributed by atoms with Gasteiger partial charge < -0.3 is 0 Å². The molecule has 0 radical (unpaired) electrons. The number of imide groups is 1.